The van der Waals surface area contributed by atoms with Crippen molar-refractivity contribution in [3.05, 3.63) is 88.9 Å². The summed E-state index contributed by atoms with van der Waals surface area (Å²) in [6.07, 6.45) is 0.759. The maximum absolute atomic E-state index is 13.5. The third-order valence-electron chi connectivity index (χ3n) is 5.33. The second-order valence-corrected chi connectivity index (χ2v) is 11.5. The third kappa shape index (κ3) is 7.91. The number of ether oxygens (including phenoxy) is 1. The zero-order valence-corrected chi connectivity index (χ0v) is 22.8. The van der Waals surface area contributed by atoms with Crippen LogP contribution in [0.4, 0.5) is 5.69 Å². The lowest BCUT2D eigenvalue weighted by molar-refractivity contribution is -0.119. The second kappa shape index (κ2) is 13.6. The van der Waals surface area contributed by atoms with Gasteiger partial charge in [0.1, 0.15) is 12.3 Å². The topological polar surface area (TPSA) is 75.7 Å². The fourth-order valence-electron chi connectivity index (χ4n) is 3.41. The number of hydrogen-bond acceptors (Lipinski definition) is 5. The molecule has 0 fully saturated rings. The Hall–Kier alpha value is -2.68. The minimum absolute atomic E-state index is 0.130. The molecule has 0 bridgehead atoms. The zero-order chi connectivity index (χ0) is 26.0. The van der Waals surface area contributed by atoms with E-state index in [0.717, 1.165) is 38.4 Å². The van der Waals surface area contributed by atoms with Crippen LogP contribution in [-0.4, -0.2) is 39.8 Å². The van der Waals surface area contributed by atoms with Crippen LogP contribution in [0.15, 0.2) is 77.7 Å². The first-order valence-electron chi connectivity index (χ1n) is 11.7. The molecule has 0 aliphatic rings. The number of carbonyl (C=O) groups excluding carboxylic acids is 1. The molecule has 192 valence electrons. The normalized spacial score (nSPS) is 11.2. The number of benzene rings is 3. The average Bonchev–Trinajstić information content (AvgIpc) is 2.86. The molecule has 0 radical (unpaired) electrons. The molecule has 0 heterocycles. The van der Waals surface area contributed by atoms with Gasteiger partial charge in [-0.1, -0.05) is 47.5 Å². The summed E-state index contributed by atoms with van der Waals surface area (Å²) in [5.41, 5.74) is 2.43. The van der Waals surface area contributed by atoms with Gasteiger partial charge < -0.3 is 10.1 Å². The Balaban J connectivity index is 1.61. The van der Waals surface area contributed by atoms with Crippen LogP contribution in [0.1, 0.15) is 24.5 Å². The fourth-order valence-corrected chi connectivity index (χ4v) is 6.08. The summed E-state index contributed by atoms with van der Waals surface area (Å²) in [7, 11) is -3.95. The number of aryl methyl sites for hydroxylation is 1. The molecule has 0 aliphatic heterocycles. The number of rotatable bonds is 13. The van der Waals surface area contributed by atoms with Crippen molar-refractivity contribution < 1.29 is 17.9 Å². The minimum Gasteiger partial charge on any atom is -0.494 e. The summed E-state index contributed by atoms with van der Waals surface area (Å²) in [6.45, 7) is 4.40. The van der Waals surface area contributed by atoms with Gasteiger partial charge in [0.15, 0.2) is 0 Å². The minimum atomic E-state index is -3.95. The Morgan fingerprint density at radius 2 is 1.72 bits per heavy atom. The first-order chi connectivity index (χ1) is 17.3. The molecule has 3 aromatic carbocycles. The number of hydrogen-bond donors (Lipinski definition) is 1. The first-order valence-corrected chi connectivity index (χ1v) is 14.7. The largest absolute Gasteiger partial charge is 0.494 e. The van der Waals surface area contributed by atoms with E-state index in [4.69, 9.17) is 16.3 Å². The van der Waals surface area contributed by atoms with Crippen molar-refractivity contribution in [3.8, 4) is 5.75 Å². The lowest BCUT2D eigenvalue weighted by Crippen LogP contribution is -2.41. The highest BCUT2D eigenvalue weighted by molar-refractivity contribution is 7.98. The molecule has 1 amide bonds. The highest BCUT2D eigenvalue weighted by atomic mass is 35.5. The van der Waals surface area contributed by atoms with Crippen LogP contribution in [0.3, 0.4) is 0 Å². The number of nitrogens with one attached hydrogen (secondary N) is 1. The van der Waals surface area contributed by atoms with Gasteiger partial charge in [-0.3, -0.25) is 9.10 Å². The van der Waals surface area contributed by atoms with Gasteiger partial charge in [-0.05, 0) is 74.0 Å². The van der Waals surface area contributed by atoms with Crippen LogP contribution in [0.2, 0.25) is 5.02 Å². The van der Waals surface area contributed by atoms with E-state index < -0.39 is 10.0 Å². The number of amides is 1. The van der Waals surface area contributed by atoms with Crippen molar-refractivity contribution in [1.82, 2.24) is 5.32 Å². The highest BCUT2D eigenvalue weighted by Gasteiger charge is 2.27. The van der Waals surface area contributed by atoms with Gasteiger partial charge in [0.2, 0.25) is 5.91 Å². The predicted molar refractivity (Wildman–Crippen MR) is 149 cm³/mol. The van der Waals surface area contributed by atoms with Crippen LogP contribution in [0.25, 0.3) is 0 Å². The van der Waals surface area contributed by atoms with Crippen molar-refractivity contribution in [2.75, 3.05) is 29.8 Å². The van der Waals surface area contributed by atoms with Gasteiger partial charge in [0.25, 0.3) is 10.0 Å². The summed E-state index contributed by atoms with van der Waals surface area (Å²) in [4.78, 5) is 12.9. The Kier molecular flexibility index (Phi) is 10.5. The summed E-state index contributed by atoms with van der Waals surface area (Å²) in [5.74, 6) is 1.91. The van der Waals surface area contributed by atoms with Crippen LogP contribution >= 0.6 is 23.4 Å². The van der Waals surface area contributed by atoms with Crippen molar-refractivity contribution in [1.29, 1.82) is 0 Å². The Morgan fingerprint density at radius 3 is 2.39 bits per heavy atom. The Bertz CT molecular complexity index is 1230. The molecule has 0 atom stereocenters. The lowest BCUT2D eigenvalue weighted by atomic mass is 10.2. The van der Waals surface area contributed by atoms with Crippen LogP contribution in [0, 0.1) is 6.92 Å². The first kappa shape index (κ1) is 27.9. The number of halogens is 1. The number of carbonyl (C=O) groups is 1. The molecule has 0 aliphatic carbocycles. The second-order valence-electron chi connectivity index (χ2n) is 8.10. The third-order valence-corrected chi connectivity index (χ3v) is 8.58. The number of sulfonamides is 1. The number of thioether (sulfide) groups is 1. The molecule has 36 heavy (non-hydrogen) atoms. The molecule has 3 rings (SSSR count). The Labute approximate surface area is 223 Å². The number of anilines is 1. The van der Waals surface area contributed by atoms with E-state index >= 15 is 0 Å². The van der Waals surface area contributed by atoms with Crippen LogP contribution in [0.5, 0.6) is 5.75 Å². The molecular weight excluding hydrogens is 516 g/mol. The van der Waals surface area contributed by atoms with Crippen molar-refractivity contribution in [3.63, 3.8) is 0 Å². The van der Waals surface area contributed by atoms with Gasteiger partial charge in [-0.25, -0.2) is 8.42 Å². The summed E-state index contributed by atoms with van der Waals surface area (Å²) < 4.78 is 33.5. The molecule has 9 heteroatoms. The highest BCUT2D eigenvalue weighted by Crippen LogP contribution is 2.26. The molecule has 0 spiro atoms. The van der Waals surface area contributed by atoms with Gasteiger partial charge in [-0.2, -0.15) is 11.8 Å². The number of nitrogens with zero attached hydrogens (tertiary/aromatic N) is 1. The van der Waals surface area contributed by atoms with Crippen LogP contribution in [-0.2, 0) is 20.6 Å². The van der Waals surface area contributed by atoms with Crippen molar-refractivity contribution in [2.24, 2.45) is 0 Å². The SMILES string of the molecule is CCOc1ccc(N(CC(=O)NCCCSCc2ccccc2Cl)S(=O)(=O)c2ccc(C)cc2)cc1. The average molecular weight is 547 g/mol. The van der Waals surface area contributed by atoms with Gasteiger partial charge in [0.05, 0.1) is 17.2 Å². The van der Waals surface area contributed by atoms with E-state index in [2.05, 4.69) is 5.32 Å². The fraction of sp³-hybridized carbons (Fsp3) is 0.296. The maximum Gasteiger partial charge on any atom is 0.264 e. The summed E-state index contributed by atoms with van der Waals surface area (Å²) >= 11 is 7.92. The quantitative estimate of drug-likeness (QED) is 0.279. The molecule has 3 aromatic rings. The van der Waals surface area contributed by atoms with Crippen molar-refractivity contribution >= 4 is 45.0 Å². The van der Waals surface area contributed by atoms with E-state index in [1.165, 1.54) is 0 Å². The standard InChI is InChI=1S/C27H31ClN2O4S2/c1-3-34-24-13-11-23(12-14-24)30(36(32,33)25-15-9-21(2)10-16-25)19-27(31)29-17-6-18-35-20-22-7-4-5-8-26(22)28/h4-5,7-16H,3,6,17-20H2,1-2H3,(H,29,31). The molecule has 1 N–H and O–H groups in total. The molecule has 0 unspecified atom stereocenters. The molecular formula is C27H31ClN2O4S2. The van der Waals surface area contributed by atoms with Crippen LogP contribution < -0.4 is 14.4 Å². The molecule has 0 saturated heterocycles. The summed E-state index contributed by atoms with van der Waals surface area (Å²) in [5, 5.41) is 3.60. The van der Waals surface area contributed by atoms with Gasteiger partial charge in [-0.15, -0.1) is 0 Å². The zero-order valence-electron chi connectivity index (χ0n) is 20.4. The summed E-state index contributed by atoms with van der Waals surface area (Å²) in [6, 6.07) is 21.0. The van der Waals surface area contributed by atoms with Gasteiger partial charge >= 0.3 is 0 Å². The monoisotopic (exact) mass is 546 g/mol. The Morgan fingerprint density at radius 1 is 1.03 bits per heavy atom. The van der Waals surface area contributed by atoms with E-state index in [-0.39, 0.29) is 17.3 Å². The van der Waals surface area contributed by atoms with Crippen molar-refractivity contribution in [2.45, 2.75) is 30.9 Å². The van der Waals surface area contributed by atoms with E-state index in [0.29, 0.717) is 24.6 Å². The van der Waals surface area contributed by atoms with E-state index in [9.17, 15) is 13.2 Å². The smallest absolute Gasteiger partial charge is 0.264 e. The molecule has 6 nitrogen and oxygen atoms in total. The lowest BCUT2D eigenvalue weighted by Gasteiger charge is -2.24. The molecule has 0 aromatic heterocycles. The maximum atomic E-state index is 13.5. The van der Waals surface area contributed by atoms with Gasteiger partial charge in [0, 0.05) is 17.3 Å². The predicted octanol–water partition coefficient (Wildman–Crippen LogP) is 5.68. The van der Waals surface area contributed by atoms with E-state index in [1.54, 1.807) is 60.3 Å². The van der Waals surface area contributed by atoms with E-state index in [1.807, 2.05) is 38.1 Å². The molecule has 0 saturated carbocycles.